The number of amides is 1. The summed E-state index contributed by atoms with van der Waals surface area (Å²) in [7, 11) is 0. The van der Waals surface area contributed by atoms with Gasteiger partial charge >= 0.3 is 0 Å². The topological polar surface area (TPSA) is 77.1 Å². The standard InChI is InChI=1S/C24H27N3O3/c1-13-9-17-19(10-14(13)2)27(12-25-17)11-18(16-7-8-16)26-24(29)23-15(3)22-20(28)5-4-6-21(22)30-23/h9-10,12,16,18H,4-8,11H2,1-3H3,(H,26,29)/t18-/m0/s1. The third-order valence-electron chi connectivity index (χ3n) is 6.65. The van der Waals surface area contributed by atoms with Gasteiger partial charge in [-0.05, 0) is 69.2 Å². The lowest BCUT2D eigenvalue weighted by Crippen LogP contribution is -2.39. The molecule has 3 aromatic rings. The first-order valence-electron chi connectivity index (χ1n) is 10.8. The van der Waals surface area contributed by atoms with Crippen LogP contribution in [0.2, 0.25) is 0 Å². The monoisotopic (exact) mass is 405 g/mol. The Labute approximate surface area is 175 Å². The molecule has 1 aromatic carbocycles. The molecule has 0 unspecified atom stereocenters. The Hall–Kier alpha value is -2.89. The number of imidazole rings is 1. The van der Waals surface area contributed by atoms with Crippen LogP contribution in [-0.4, -0.2) is 27.3 Å². The molecule has 0 spiro atoms. The van der Waals surface area contributed by atoms with Gasteiger partial charge in [0.15, 0.2) is 11.5 Å². The van der Waals surface area contributed by atoms with E-state index in [9.17, 15) is 9.59 Å². The van der Waals surface area contributed by atoms with Crippen molar-refractivity contribution < 1.29 is 14.0 Å². The molecule has 1 N–H and O–H groups in total. The number of nitrogens with one attached hydrogen (secondary N) is 1. The second-order valence-corrected chi connectivity index (χ2v) is 8.87. The van der Waals surface area contributed by atoms with E-state index >= 15 is 0 Å². The van der Waals surface area contributed by atoms with Gasteiger partial charge < -0.3 is 14.3 Å². The molecule has 6 heteroatoms. The smallest absolute Gasteiger partial charge is 0.287 e. The third-order valence-corrected chi connectivity index (χ3v) is 6.65. The summed E-state index contributed by atoms with van der Waals surface area (Å²) in [5.74, 6) is 1.30. The predicted molar refractivity (Wildman–Crippen MR) is 114 cm³/mol. The number of nitrogens with zero attached hydrogens (tertiary/aromatic N) is 2. The molecule has 2 heterocycles. The molecule has 1 fully saturated rings. The Balaban J connectivity index is 1.40. The fraction of sp³-hybridized carbons (Fsp3) is 0.458. The van der Waals surface area contributed by atoms with Crippen LogP contribution in [0.4, 0.5) is 0 Å². The van der Waals surface area contributed by atoms with Gasteiger partial charge in [-0.2, -0.15) is 0 Å². The van der Waals surface area contributed by atoms with Crippen molar-refractivity contribution in [2.75, 3.05) is 0 Å². The summed E-state index contributed by atoms with van der Waals surface area (Å²) >= 11 is 0. The molecule has 1 saturated carbocycles. The number of ketones is 1. The molecule has 2 aliphatic carbocycles. The average Bonchev–Trinajstić information content (AvgIpc) is 3.41. The summed E-state index contributed by atoms with van der Waals surface area (Å²) in [5, 5.41) is 3.20. The molecule has 0 bridgehead atoms. The molecule has 0 saturated heterocycles. The van der Waals surface area contributed by atoms with E-state index in [4.69, 9.17) is 4.42 Å². The number of carbonyl (C=O) groups is 2. The van der Waals surface area contributed by atoms with Gasteiger partial charge in [0, 0.05) is 24.9 Å². The lowest BCUT2D eigenvalue weighted by Gasteiger charge is -2.19. The second-order valence-electron chi connectivity index (χ2n) is 8.87. The zero-order valence-electron chi connectivity index (χ0n) is 17.7. The highest BCUT2D eigenvalue weighted by Gasteiger charge is 2.35. The summed E-state index contributed by atoms with van der Waals surface area (Å²) in [6.45, 7) is 6.70. The lowest BCUT2D eigenvalue weighted by atomic mass is 9.94. The first-order chi connectivity index (χ1) is 14.4. The van der Waals surface area contributed by atoms with Crippen molar-refractivity contribution in [2.45, 2.75) is 65.5 Å². The number of carbonyl (C=O) groups excluding carboxylic acids is 2. The highest BCUT2D eigenvalue weighted by Crippen LogP contribution is 2.35. The Morgan fingerprint density at radius 1 is 1.23 bits per heavy atom. The van der Waals surface area contributed by atoms with Crippen LogP contribution in [0.1, 0.15) is 69.0 Å². The largest absolute Gasteiger partial charge is 0.455 e. The highest BCUT2D eigenvalue weighted by molar-refractivity contribution is 6.03. The Morgan fingerprint density at radius 3 is 2.73 bits per heavy atom. The normalized spacial score (nSPS) is 17.2. The molecule has 6 nitrogen and oxygen atoms in total. The molecule has 5 rings (SSSR count). The van der Waals surface area contributed by atoms with E-state index in [2.05, 4.69) is 40.8 Å². The van der Waals surface area contributed by atoms with Gasteiger partial charge in [-0.25, -0.2) is 4.98 Å². The van der Waals surface area contributed by atoms with E-state index in [0.29, 0.717) is 41.5 Å². The Bertz CT molecular complexity index is 1170. The van der Waals surface area contributed by atoms with Crippen molar-refractivity contribution in [2.24, 2.45) is 5.92 Å². The molecule has 156 valence electrons. The van der Waals surface area contributed by atoms with Crippen LogP contribution in [0.5, 0.6) is 0 Å². The Morgan fingerprint density at radius 2 is 2.00 bits per heavy atom. The number of hydrogen-bond donors (Lipinski definition) is 1. The molecular weight excluding hydrogens is 378 g/mol. The molecule has 1 amide bonds. The van der Waals surface area contributed by atoms with E-state index in [-0.39, 0.29) is 17.7 Å². The maximum Gasteiger partial charge on any atom is 0.287 e. The van der Waals surface area contributed by atoms with Crippen molar-refractivity contribution in [3.8, 4) is 0 Å². The molecule has 0 radical (unpaired) electrons. The molecule has 0 aliphatic heterocycles. The number of rotatable bonds is 5. The summed E-state index contributed by atoms with van der Waals surface area (Å²) in [5.41, 5.74) is 5.84. The maximum atomic E-state index is 13.1. The molecule has 30 heavy (non-hydrogen) atoms. The van der Waals surface area contributed by atoms with Gasteiger partial charge in [-0.15, -0.1) is 0 Å². The maximum absolute atomic E-state index is 13.1. The van der Waals surface area contributed by atoms with Crippen LogP contribution in [-0.2, 0) is 13.0 Å². The molecule has 2 aliphatic rings. The first-order valence-corrected chi connectivity index (χ1v) is 10.8. The van der Waals surface area contributed by atoms with Crippen LogP contribution < -0.4 is 5.32 Å². The zero-order chi connectivity index (χ0) is 21.0. The zero-order valence-corrected chi connectivity index (χ0v) is 17.7. The number of aryl methyl sites for hydroxylation is 3. The minimum atomic E-state index is -0.219. The number of benzene rings is 1. The lowest BCUT2D eigenvalue weighted by molar-refractivity contribution is 0.0894. The fourth-order valence-electron chi connectivity index (χ4n) is 4.58. The number of aromatic nitrogens is 2. The summed E-state index contributed by atoms with van der Waals surface area (Å²) in [4.78, 5) is 29.9. The number of hydrogen-bond acceptors (Lipinski definition) is 4. The highest BCUT2D eigenvalue weighted by atomic mass is 16.4. The summed E-state index contributed by atoms with van der Waals surface area (Å²) < 4.78 is 7.99. The molecule has 1 atom stereocenters. The minimum absolute atomic E-state index is 0.00809. The van der Waals surface area contributed by atoms with E-state index in [1.807, 2.05) is 13.3 Å². The average molecular weight is 405 g/mol. The van der Waals surface area contributed by atoms with E-state index in [0.717, 1.165) is 36.7 Å². The van der Waals surface area contributed by atoms with Gasteiger partial charge in [0.25, 0.3) is 5.91 Å². The number of furan rings is 1. The summed E-state index contributed by atoms with van der Waals surface area (Å²) in [6, 6.07) is 4.29. The van der Waals surface area contributed by atoms with Crippen LogP contribution in [0.3, 0.4) is 0 Å². The number of fused-ring (bicyclic) bond motifs is 2. The van der Waals surface area contributed by atoms with Crippen molar-refractivity contribution in [1.82, 2.24) is 14.9 Å². The fourth-order valence-corrected chi connectivity index (χ4v) is 4.58. The van der Waals surface area contributed by atoms with Crippen molar-refractivity contribution >= 4 is 22.7 Å². The van der Waals surface area contributed by atoms with Gasteiger partial charge in [-0.1, -0.05) is 0 Å². The van der Waals surface area contributed by atoms with Crippen LogP contribution in [0.25, 0.3) is 11.0 Å². The van der Waals surface area contributed by atoms with Gasteiger partial charge in [0.05, 0.1) is 29.0 Å². The SMILES string of the molecule is Cc1cc2ncn(C[C@H](NC(=O)c3oc4c(c3C)C(=O)CCC4)C3CC3)c2cc1C. The van der Waals surface area contributed by atoms with Crippen molar-refractivity contribution in [3.05, 3.63) is 52.2 Å². The van der Waals surface area contributed by atoms with Gasteiger partial charge in [0.2, 0.25) is 0 Å². The van der Waals surface area contributed by atoms with Crippen LogP contribution in [0.15, 0.2) is 22.9 Å². The van der Waals surface area contributed by atoms with Gasteiger partial charge in [-0.3, -0.25) is 9.59 Å². The second kappa shape index (κ2) is 7.11. The van der Waals surface area contributed by atoms with Gasteiger partial charge in [0.1, 0.15) is 5.76 Å². The van der Waals surface area contributed by atoms with E-state index < -0.39 is 0 Å². The van der Waals surface area contributed by atoms with Crippen LogP contribution in [0, 0.1) is 26.7 Å². The number of Topliss-reactive ketones (excluding diaryl/α,β-unsaturated/α-hetero) is 1. The van der Waals surface area contributed by atoms with E-state index in [1.165, 1.54) is 11.1 Å². The van der Waals surface area contributed by atoms with Crippen molar-refractivity contribution in [3.63, 3.8) is 0 Å². The Kier molecular flexibility index (Phi) is 4.53. The van der Waals surface area contributed by atoms with Crippen molar-refractivity contribution in [1.29, 1.82) is 0 Å². The molecular formula is C24H27N3O3. The van der Waals surface area contributed by atoms with E-state index in [1.54, 1.807) is 0 Å². The summed E-state index contributed by atoms with van der Waals surface area (Å²) in [6.07, 6.45) is 6.13. The third kappa shape index (κ3) is 3.24. The quantitative estimate of drug-likeness (QED) is 0.687. The first kappa shape index (κ1) is 19.1. The predicted octanol–water partition coefficient (Wildman–Crippen LogP) is 4.28. The van der Waals surface area contributed by atoms with Crippen LogP contribution >= 0.6 is 0 Å². The molecule has 2 aromatic heterocycles. The minimum Gasteiger partial charge on any atom is -0.455 e.